The van der Waals surface area contributed by atoms with Crippen LogP contribution in [0.4, 0.5) is 4.79 Å². The first-order valence-electron chi connectivity index (χ1n) is 12.2. The molecule has 0 spiro atoms. The minimum atomic E-state index is -4.28. The average Bonchev–Trinajstić information content (AvgIpc) is 3.17. The number of amides is 1. The van der Waals surface area contributed by atoms with Gasteiger partial charge in [-0.15, -0.1) is 0 Å². The summed E-state index contributed by atoms with van der Waals surface area (Å²) in [6.07, 6.45) is -0.584. The molecular weight excluding hydrogens is 488 g/mol. The number of carboxylic acid groups (broad SMARTS) is 1. The molecule has 0 aliphatic heterocycles. The lowest BCUT2D eigenvalue weighted by Gasteiger charge is -2.36. The minimum Gasteiger partial charge on any atom is -0.464 e. The Morgan fingerprint density at radius 2 is 1.65 bits per heavy atom. The number of fused-ring (bicyclic) bond motifs is 1. The molecule has 9 heteroatoms. The van der Waals surface area contributed by atoms with Gasteiger partial charge in [-0.2, -0.15) is 4.31 Å². The van der Waals surface area contributed by atoms with Crippen LogP contribution in [0.25, 0.3) is 16.9 Å². The molecule has 2 heterocycles. The van der Waals surface area contributed by atoms with Crippen LogP contribution in [-0.2, 0) is 22.9 Å². The number of benzene rings is 2. The third-order valence-electron chi connectivity index (χ3n) is 6.49. The van der Waals surface area contributed by atoms with Crippen LogP contribution in [0, 0.1) is 20.8 Å². The summed E-state index contributed by atoms with van der Waals surface area (Å²) in [6.45, 7) is 10.9. The number of nitrogens with zero attached hydrogens (tertiary/aromatic N) is 4. The fourth-order valence-corrected chi connectivity index (χ4v) is 6.72. The van der Waals surface area contributed by atoms with Gasteiger partial charge in [-0.25, -0.2) is 23.2 Å². The average molecular weight is 521 g/mol. The standard InChI is InChI=1S/C28H32N4O4S/c1-7-24-30-25-19(3)16-20(4)29-26(25)31(24)22-14-12-21(13-15-22)17-28(5,6)32(27(33)34)37(35,36)23-11-9-8-10-18(23)2/h8-16H,7,17H2,1-6H3,(H,33,34). The first-order valence-corrected chi connectivity index (χ1v) is 13.6. The van der Waals surface area contributed by atoms with Crippen molar-refractivity contribution in [2.45, 2.75) is 64.8 Å². The lowest BCUT2D eigenvalue weighted by Crippen LogP contribution is -2.51. The van der Waals surface area contributed by atoms with Gasteiger partial charge in [0.15, 0.2) is 5.65 Å². The Morgan fingerprint density at radius 1 is 1.00 bits per heavy atom. The molecule has 0 radical (unpaired) electrons. The van der Waals surface area contributed by atoms with Gasteiger partial charge in [-0.1, -0.05) is 37.3 Å². The highest BCUT2D eigenvalue weighted by atomic mass is 32.2. The van der Waals surface area contributed by atoms with E-state index in [-0.39, 0.29) is 11.3 Å². The third-order valence-corrected chi connectivity index (χ3v) is 8.63. The van der Waals surface area contributed by atoms with E-state index in [2.05, 4.69) is 0 Å². The van der Waals surface area contributed by atoms with Gasteiger partial charge in [-0.05, 0) is 82.0 Å². The molecule has 0 atom stereocenters. The van der Waals surface area contributed by atoms with Crippen molar-refractivity contribution in [1.29, 1.82) is 0 Å². The second kappa shape index (κ2) is 9.63. The van der Waals surface area contributed by atoms with Crippen LogP contribution < -0.4 is 0 Å². The summed E-state index contributed by atoms with van der Waals surface area (Å²) in [7, 11) is -4.28. The molecule has 37 heavy (non-hydrogen) atoms. The minimum absolute atomic E-state index is 0.0157. The predicted octanol–water partition coefficient (Wildman–Crippen LogP) is 5.60. The van der Waals surface area contributed by atoms with Crippen molar-refractivity contribution < 1.29 is 18.3 Å². The normalized spacial score (nSPS) is 12.2. The molecule has 0 saturated heterocycles. The van der Waals surface area contributed by atoms with Crippen molar-refractivity contribution in [3.63, 3.8) is 0 Å². The number of hydrogen-bond donors (Lipinski definition) is 1. The van der Waals surface area contributed by atoms with Crippen LogP contribution in [0.3, 0.4) is 0 Å². The van der Waals surface area contributed by atoms with E-state index in [0.717, 1.165) is 45.9 Å². The summed E-state index contributed by atoms with van der Waals surface area (Å²) in [5.74, 6) is 0.894. The number of aromatic nitrogens is 3. The summed E-state index contributed by atoms with van der Waals surface area (Å²) in [6, 6.07) is 16.1. The van der Waals surface area contributed by atoms with E-state index >= 15 is 0 Å². The Balaban J connectivity index is 1.70. The van der Waals surface area contributed by atoms with E-state index < -0.39 is 21.7 Å². The van der Waals surface area contributed by atoms with Crippen LogP contribution in [-0.4, -0.2) is 44.0 Å². The maximum atomic E-state index is 13.4. The quantitative estimate of drug-likeness (QED) is 0.340. The fraction of sp³-hybridized carbons (Fsp3) is 0.321. The first kappa shape index (κ1) is 26.3. The van der Waals surface area contributed by atoms with Gasteiger partial charge < -0.3 is 5.11 Å². The summed E-state index contributed by atoms with van der Waals surface area (Å²) in [5, 5.41) is 9.98. The zero-order valence-corrected chi connectivity index (χ0v) is 22.8. The number of aryl methyl sites for hydroxylation is 4. The van der Waals surface area contributed by atoms with E-state index in [1.807, 2.05) is 55.7 Å². The fourth-order valence-electron chi connectivity index (χ4n) is 4.88. The lowest BCUT2D eigenvalue weighted by molar-refractivity contribution is 0.140. The second-order valence-electron chi connectivity index (χ2n) is 9.94. The van der Waals surface area contributed by atoms with Crippen LogP contribution >= 0.6 is 0 Å². The molecule has 1 amide bonds. The zero-order valence-electron chi connectivity index (χ0n) is 22.0. The number of rotatable bonds is 7. The summed E-state index contributed by atoms with van der Waals surface area (Å²) >= 11 is 0. The van der Waals surface area contributed by atoms with Crippen molar-refractivity contribution in [2.75, 3.05) is 0 Å². The van der Waals surface area contributed by atoms with Gasteiger partial charge in [0.05, 0.1) is 10.4 Å². The Bertz CT molecular complexity index is 1590. The summed E-state index contributed by atoms with van der Waals surface area (Å²) in [5.41, 5.74) is 4.60. The van der Waals surface area contributed by atoms with E-state index in [4.69, 9.17) is 9.97 Å². The maximum Gasteiger partial charge on any atom is 0.421 e. The highest BCUT2D eigenvalue weighted by molar-refractivity contribution is 7.89. The first-order chi connectivity index (χ1) is 17.4. The Morgan fingerprint density at radius 3 is 2.24 bits per heavy atom. The van der Waals surface area contributed by atoms with Gasteiger partial charge in [0.1, 0.15) is 11.3 Å². The summed E-state index contributed by atoms with van der Waals surface area (Å²) < 4.78 is 29.4. The second-order valence-corrected chi connectivity index (χ2v) is 11.7. The molecule has 0 saturated carbocycles. The number of carbonyl (C=O) groups is 1. The molecule has 0 aliphatic carbocycles. The van der Waals surface area contributed by atoms with Crippen molar-refractivity contribution in [3.05, 3.63) is 82.8 Å². The number of pyridine rings is 1. The smallest absolute Gasteiger partial charge is 0.421 e. The Hall–Kier alpha value is -3.72. The van der Waals surface area contributed by atoms with Crippen LogP contribution in [0.2, 0.25) is 0 Å². The molecule has 0 aliphatic rings. The Labute approximate surface area is 217 Å². The molecule has 8 nitrogen and oxygen atoms in total. The van der Waals surface area contributed by atoms with Gasteiger partial charge >= 0.3 is 6.09 Å². The van der Waals surface area contributed by atoms with E-state index in [1.165, 1.54) is 6.07 Å². The predicted molar refractivity (Wildman–Crippen MR) is 144 cm³/mol. The lowest BCUT2D eigenvalue weighted by atomic mass is 9.95. The largest absolute Gasteiger partial charge is 0.464 e. The molecule has 1 N–H and O–H groups in total. The highest BCUT2D eigenvalue weighted by Gasteiger charge is 2.41. The monoisotopic (exact) mass is 520 g/mol. The highest BCUT2D eigenvalue weighted by Crippen LogP contribution is 2.30. The Kier molecular flexibility index (Phi) is 6.85. The molecule has 0 fully saturated rings. The molecule has 2 aromatic carbocycles. The van der Waals surface area contributed by atoms with Crippen LogP contribution in [0.15, 0.2) is 59.5 Å². The van der Waals surface area contributed by atoms with E-state index in [0.29, 0.717) is 9.87 Å². The molecule has 0 unspecified atom stereocenters. The van der Waals surface area contributed by atoms with E-state index in [9.17, 15) is 18.3 Å². The topological polar surface area (TPSA) is 105 Å². The third kappa shape index (κ3) is 4.83. The van der Waals surface area contributed by atoms with Crippen molar-refractivity contribution in [1.82, 2.24) is 18.8 Å². The van der Waals surface area contributed by atoms with Gasteiger partial charge in [-0.3, -0.25) is 4.57 Å². The van der Waals surface area contributed by atoms with Gasteiger partial charge in [0, 0.05) is 17.8 Å². The van der Waals surface area contributed by atoms with Crippen molar-refractivity contribution in [2.24, 2.45) is 0 Å². The molecule has 0 bridgehead atoms. The van der Waals surface area contributed by atoms with Crippen molar-refractivity contribution >= 4 is 27.3 Å². The van der Waals surface area contributed by atoms with Crippen LogP contribution in [0.1, 0.15) is 49.0 Å². The number of sulfonamides is 1. The van der Waals surface area contributed by atoms with E-state index in [1.54, 1.807) is 39.0 Å². The zero-order chi connectivity index (χ0) is 27.1. The molecule has 194 valence electrons. The summed E-state index contributed by atoms with van der Waals surface area (Å²) in [4.78, 5) is 21.8. The molecule has 2 aromatic heterocycles. The molecule has 4 rings (SSSR count). The number of imidazole rings is 1. The molecular formula is C28H32N4O4S. The SMILES string of the molecule is CCc1nc2c(C)cc(C)nc2n1-c1ccc(CC(C)(C)N(C(=O)O)S(=O)(=O)c2ccccc2C)cc1. The van der Waals surface area contributed by atoms with Crippen LogP contribution in [0.5, 0.6) is 0 Å². The maximum absolute atomic E-state index is 13.4. The molecule has 4 aromatic rings. The number of hydrogen-bond acceptors (Lipinski definition) is 5. The van der Waals surface area contributed by atoms with Gasteiger partial charge in [0.25, 0.3) is 10.0 Å². The van der Waals surface area contributed by atoms with Gasteiger partial charge in [0.2, 0.25) is 0 Å². The van der Waals surface area contributed by atoms with Crippen molar-refractivity contribution in [3.8, 4) is 5.69 Å².